The van der Waals surface area contributed by atoms with Gasteiger partial charge in [-0.15, -0.1) is 0 Å². The summed E-state index contributed by atoms with van der Waals surface area (Å²) in [5, 5.41) is 7.66. The van der Waals surface area contributed by atoms with Crippen molar-refractivity contribution in [3.05, 3.63) is 0 Å². The Morgan fingerprint density at radius 1 is 0.923 bits per heavy atom. The number of nitrogens with one attached hydrogen (secondary N) is 2. The number of ether oxygens (including phenoxy) is 1. The van der Waals surface area contributed by atoms with Gasteiger partial charge < -0.3 is 4.74 Å². The zero-order valence-electron chi connectivity index (χ0n) is 16.2. The summed E-state index contributed by atoms with van der Waals surface area (Å²) in [6.07, 6.45) is 15.0. The highest BCUT2D eigenvalue weighted by atomic mass is 32.2. The van der Waals surface area contributed by atoms with Crippen LogP contribution in [0.25, 0.3) is 0 Å². The van der Waals surface area contributed by atoms with Crippen LogP contribution in [0.2, 0.25) is 0 Å². The van der Waals surface area contributed by atoms with Crippen LogP contribution < -0.4 is 10.6 Å². The molecule has 2 heterocycles. The fourth-order valence-electron chi connectivity index (χ4n) is 5.92. The minimum Gasteiger partial charge on any atom is -0.376 e. The van der Waals surface area contributed by atoms with E-state index in [-0.39, 0.29) is 5.25 Å². The molecule has 4 aliphatic rings. The van der Waals surface area contributed by atoms with Gasteiger partial charge in [-0.25, -0.2) is 8.42 Å². The molecule has 150 valence electrons. The van der Waals surface area contributed by atoms with E-state index in [9.17, 15) is 8.42 Å². The van der Waals surface area contributed by atoms with E-state index in [1.54, 1.807) is 0 Å². The molecule has 2 N–H and O–H groups in total. The van der Waals surface area contributed by atoms with Crippen molar-refractivity contribution in [1.29, 1.82) is 0 Å². The predicted octanol–water partition coefficient (Wildman–Crippen LogP) is 2.61. The highest BCUT2D eigenvalue weighted by Crippen LogP contribution is 2.40. The molecule has 0 amide bonds. The average Bonchev–Trinajstić information content (AvgIpc) is 3.05. The van der Waals surface area contributed by atoms with Crippen LogP contribution in [0.1, 0.15) is 70.6 Å². The Bertz CT molecular complexity index is 568. The van der Waals surface area contributed by atoms with Gasteiger partial charge in [0.2, 0.25) is 0 Å². The van der Waals surface area contributed by atoms with Crippen molar-refractivity contribution in [1.82, 2.24) is 10.6 Å². The van der Waals surface area contributed by atoms with Crippen molar-refractivity contribution < 1.29 is 13.2 Å². The molecule has 2 saturated heterocycles. The zero-order chi connectivity index (χ0) is 18.1. The molecule has 26 heavy (non-hydrogen) atoms. The molecule has 2 saturated carbocycles. The number of rotatable bonds is 4. The molecular weight excluding hydrogens is 348 g/mol. The molecule has 4 atom stereocenters. The quantitative estimate of drug-likeness (QED) is 0.780. The molecule has 0 radical (unpaired) electrons. The third-order valence-corrected chi connectivity index (χ3v) is 9.15. The van der Waals surface area contributed by atoms with Gasteiger partial charge in [-0.3, -0.25) is 10.6 Å². The Morgan fingerprint density at radius 3 is 2.35 bits per heavy atom. The highest BCUT2D eigenvalue weighted by Gasteiger charge is 2.45. The molecule has 0 bridgehead atoms. The second-order valence-electron chi connectivity index (χ2n) is 9.23. The van der Waals surface area contributed by atoms with Gasteiger partial charge in [-0.1, -0.05) is 19.3 Å². The molecule has 4 fully saturated rings. The third-order valence-electron chi connectivity index (χ3n) is 7.47. The maximum absolute atomic E-state index is 11.8. The number of hydrogen-bond acceptors (Lipinski definition) is 5. The van der Waals surface area contributed by atoms with Crippen molar-refractivity contribution >= 4 is 9.84 Å². The largest absolute Gasteiger partial charge is 0.376 e. The van der Waals surface area contributed by atoms with E-state index in [0.717, 1.165) is 45.1 Å². The maximum atomic E-state index is 11.8. The molecule has 6 heteroatoms. The lowest BCUT2D eigenvalue weighted by Crippen LogP contribution is -2.59. The summed E-state index contributed by atoms with van der Waals surface area (Å²) in [7, 11) is -2.88. The van der Waals surface area contributed by atoms with Gasteiger partial charge in [0.05, 0.1) is 24.1 Å². The monoisotopic (exact) mass is 384 g/mol. The van der Waals surface area contributed by atoms with E-state index in [1.807, 2.05) is 0 Å². The van der Waals surface area contributed by atoms with Crippen molar-refractivity contribution in [2.75, 3.05) is 12.9 Å². The second-order valence-corrected chi connectivity index (χ2v) is 11.6. The summed E-state index contributed by atoms with van der Waals surface area (Å²) in [4.78, 5) is 0. The van der Waals surface area contributed by atoms with Gasteiger partial charge in [0.15, 0.2) is 0 Å². The Kier molecular flexibility index (Phi) is 5.94. The van der Waals surface area contributed by atoms with E-state index in [1.165, 1.54) is 38.4 Å². The fourth-order valence-corrected chi connectivity index (χ4v) is 7.05. The number of hydrogen-bond donors (Lipinski definition) is 2. The topological polar surface area (TPSA) is 67.4 Å². The first-order valence-electron chi connectivity index (χ1n) is 10.8. The fraction of sp³-hybridized carbons (Fsp3) is 1.00. The molecule has 4 unspecified atom stereocenters. The standard InChI is InChI=1S/C20H36N2O3S/c1-26(23,24)16-9-7-14(8-10-16)17-13-25-18-11-12-19(22-20(17)18)21-15-5-3-2-4-6-15/h14-22H,2-13H2,1H3. The van der Waals surface area contributed by atoms with E-state index in [4.69, 9.17) is 4.74 Å². The molecular formula is C20H36N2O3S. The first kappa shape index (κ1) is 19.2. The second kappa shape index (κ2) is 8.06. The van der Waals surface area contributed by atoms with Crippen LogP contribution in [0.3, 0.4) is 0 Å². The smallest absolute Gasteiger partial charge is 0.150 e. The number of piperidine rings is 1. The lowest BCUT2D eigenvalue weighted by atomic mass is 9.75. The third kappa shape index (κ3) is 4.29. The summed E-state index contributed by atoms with van der Waals surface area (Å²) >= 11 is 0. The van der Waals surface area contributed by atoms with Gasteiger partial charge in [-0.05, 0) is 57.3 Å². The van der Waals surface area contributed by atoms with Crippen LogP contribution in [0.15, 0.2) is 0 Å². The van der Waals surface area contributed by atoms with E-state index >= 15 is 0 Å². The SMILES string of the molecule is CS(=O)(=O)C1CCC(C2COC3CCC(NC4CCCCC4)NC32)CC1. The first-order valence-corrected chi connectivity index (χ1v) is 12.8. The first-order chi connectivity index (χ1) is 12.5. The van der Waals surface area contributed by atoms with Crippen LogP contribution in [0.4, 0.5) is 0 Å². The van der Waals surface area contributed by atoms with Gasteiger partial charge in [0.25, 0.3) is 0 Å². The van der Waals surface area contributed by atoms with Crippen molar-refractivity contribution in [2.24, 2.45) is 11.8 Å². The highest BCUT2D eigenvalue weighted by molar-refractivity contribution is 7.91. The summed E-state index contributed by atoms with van der Waals surface area (Å²) in [5.41, 5.74) is 0. The molecule has 0 aromatic carbocycles. The lowest BCUT2D eigenvalue weighted by Gasteiger charge is -2.40. The van der Waals surface area contributed by atoms with Crippen LogP contribution in [-0.4, -0.2) is 50.9 Å². The van der Waals surface area contributed by atoms with Gasteiger partial charge in [0, 0.05) is 24.3 Å². The average molecular weight is 385 g/mol. The lowest BCUT2D eigenvalue weighted by molar-refractivity contribution is 0.0622. The molecule has 0 spiro atoms. The summed E-state index contributed by atoms with van der Waals surface area (Å²) < 4.78 is 29.8. The van der Waals surface area contributed by atoms with Crippen LogP contribution in [0, 0.1) is 11.8 Å². The molecule has 5 nitrogen and oxygen atoms in total. The Hall–Kier alpha value is -0.170. The predicted molar refractivity (Wildman–Crippen MR) is 104 cm³/mol. The Labute approximate surface area is 158 Å². The van der Waals surface area contributed by atoms with Gasteiger partial charge in [0.1, 0.15) is 9.84 Å². The van der Waals surface area contributed by atoms with E-state index in [2.05, 4.69) is 10.6 Å². The zero-order valence-corrected chi connectivity index (χ0v) is 17.0. The van der Waals surface area contributed by atoms with Crippen molar-refractivity contribution in [3.8, 4) is 0 Å². The Balaban J connectivity index is 1.32. The van der Waals surface area contributed by atoms with Gasteiger partial charge >= 0.3 is 0 Å². The number of fused-ring (bicyclic) bond motifs is 1. The van der Waals surface area contributed by atoms with Crippen LogP contribution >= 0.6 is 0 Å². The Morgan fingerprint density at radius 2 is 1.65 bits per heavy atom. The molecule has 2 aliphatic carbocycles. The van der Waals surface area contributed by atoms with Crippen molar-refractivity contribution in [3.63, 3.8) is 0 Å². The molecule has 0 aromatic heterocycles. The van der Waals surface area contributed by atoms with E-state index < -0.39 is 9.84 Å². The molecule has 4 rings (SSSR count). The molecule has 2 aliphatic heterocycles. The van der Waals surface area contributed by atoms with E-state index in [0.29, 0.717) is 36.2 Å². The summed E-state index contributed by atoms with van der Waals surface area (Å²) in [6, 6.07) is 1.13. The normalized spacial score (nSPS) is 42.5. The maximum Gasteiger partial charge on any atom is 0.150 e. The summed E-state index contributed by atoms with van der Waals surface area (Å²) in [5.74, 6) is 1.17. The van der Waals surface area contributed by atoms with Crippen molar-refractivity contribution in [2.45, 2.75) is 100 Å². The van der Waals surface area contributed by atoms with Crippen LogP contribution in [-0.2, 0) is 14.6 Å². The minimum absolute atomic E-state index is 0.114. The summed E-state index contributed by atoms with van der Waals surface area (Å²) in [6.45, 7) is 0.854. The minimum atomic E-state index is -2.88. The van der Waals surface area contributed by atoms with Gasteiger partial charge in [-0.2, -0.15) is 0 Å². The number of sulfone groups is 1. The van der Waals surface area contributed by atoms with Crippen LogP contribution in [0.5, 0.6) is 0 Å². The molecule has 0 aromatic rings.